The van der Waals surface area contributed by atoms with E-state index < -0.39 is 0 Å². The quantitative estimate of drug-likeness (QED) is 0.501. The highest BCUT2D eigenvalue weighted by molar-refractivity contribution is 6.28. The molecule has 0 aliphatic carbocycles. The Kier molecular flexibility index (Phi) is 3.13. The highest BCUT2D eigenvalue weighted by Gasteiger charge is 2.06. The van der Waals surface area contributed by atoms with Gasteiger partial charge in [0, 0.05) is 23.5 Å². The molecule has 0 saturated heterocycles. The number of rotatable bonds is 2. The van der Waals surface area contributed by atoms with Crippen LogP contribution in [0.1, 0.15) is 0 Å². The maximum absolute atomic E-state index is 5.90. The van der Waals surface area contributed by atoms with E-state index in [1.54, 1.807) is 6.20 Å². The van der Waals surface area contributed by atoms with Crippen LogP contribution in [0.4, 0.5) is 0 Å². The maximum Gasteiger partial charge on any atom is 0.224 e. The lowest BCUT2D eigenvalue weighted by molar-refractivity contribution is 1.08. The number of hydrogen-bond donors (Lipinski definition) is 0. The van der Waals surface area contributed by atoms with Gasteiger partial charge in [-0.3, -0.25) is 0 Å². The molecular formula is C18H12ClN3. The average Bonchev–Trinajstić information content (AvgIpc) is 2.99. The molecule has 0 aliphatic heterocycles. The summed E-state index contributed by atoms with van der Waals surface area (Å²) in [6, 6.07) is 20.7. The lowest BCUT2D eigenvalue weighted by Crippen LogP contribution is -1.94. The second kappa shape index (κ2) is 5.28. The van der Waals surface area contributed by atoms with Crippen molar-refractivity contribution in [3.63, 3.8) is 0 Å². The van der Waals surface area contributed by atoms with Gasteiger partial charge in [-0.15, -0.1) is 0 Å². The zero-order valence-electron chi connectivity index (χ0n) is 11.6. The maximum atomic E-state index is 5.90. The summed E-state index contributed by atoms with van der Waals surface area (Å²) < 4.78 is 2.01. The summed E-state index contributed by atoms with van der Waals surface area (Å²) in [6.07, 6.45) is 3.71. The van der Waals surface area contributed by atoms with E-state index in [1.807, 2.05) is 35.0 Å². The first-order chi connectivity index (χ1) is 10.8. The molecule has 4 aromatic rings. The van der Waals surface area contributed by atoms with Crippen molar-refractivity contribution in [3.05, 3.63) is 78.3 Å². The van der Waals surface area contributed by atoms with Crippen molar-refractivity contribution in [2.24, 2.45) is 0 Å². The predicted molar refractivity (Wildman–Crippen MR) is 89.3 cm³/mol. The molecule has 0 unspecified atom stereocenters. The van der Waals surface area contributed by atoms with Crippen LogP contribution in [0.2, 0.25) is 5.28 Å². The third-order valence-electron chi connectivity index (χ3n) is 3.65. The third-order valence-corrected chi connectivity index (χ3v) is 3.83. The Morgan fingerprint density at radius 3 is 2.32 bits per heavy atom. The molecule has 0 saturated carbocycles. The third kappa shape index (κ3) is 2.26. The largest absolute Gasteiger partial charge is 0.301 e. The summed E-state index contributed by atoms with van der Waals surface area (Å²) in [5.74, 6) is 0. The zero-order chi connectivity index (χ0) is 14.9. The fourth-order valence-corrected chi connectivity index (χ4v) is 2.68. The Bertz CT molecular complexity index is 928. The van der Waals surface area contributed by atoms with Crippen LogP contribution in [0.3, 0.4) is 0 Å². The van der Waals surface area contributed by atoms with Crippen molar-refractivity contribution in [3.8, 4) is 16.8 Å². The fraction of sp³-hybridized carbons (Fsp3) is 0. The van der Waals surface area contributed by atoms with E-state index in [0.717, 1.165) is 16.7 Å². The first-order valence-electron chi connectivity index (χ1n) is 6.97. The Hall–Kier alpha value is -2.65. The van der Waals surface area contributed by atoms with Crippen LogP contribution in [0.25, 0.3) is 27.8 Å². The molecule has 3 nitrogen and oxygen atoms in total. The van der Waals surface area contributed by atoms with Crippen molar-refractivity contribution < 1.29 is 0 Å². The Balaban J connectivity index is 1.78. The molecule has 106 valence electrons. The smallest absolute Gasteiger partial charge is 0.224 e. The first-order valence-corrected chi connectivity index (χ1v) is 7.34. The molecule has 4 heteroatoms. The molecule has 0 bridgehead atoms. The standard InChI is InChI=1S/C18H12ClN3/c19-18-20-12-15-10-11-22(17(15)21-18)16-8-6-14(7-9-16)13-4-2-1-3-5-13/h1-12H. The van der Waals surface area contributed by atoms with Gasteiger partial charge in [0.05, 0.1) is 0 Å². The molecule has 2 heterocycles. The van der Waals surface area contributed by atoms with E-state index in [0.29, 0.717) is 0 Å². The van der Waals surface area contributed by atoms with Gasteiger partial charge in [-0.05, 0) is 40.9 Å². The molecule has 0 radical (unpaired) electrons. The van der Waals surface area contributed by atoms with Gasteiger partial charge in [-0.1, -0.05) is 42.5 Å². The highest BCUT2D eigenvalue weighted by atomic mass is 35.5. The Morgan fingerprint density at radius 2 is 1.55 bits per heavy atom. The van der Waals surface area contributed by atoms with Gasteiger partial charge in [0.2, 0.25) is 5.28 Å². The summed E-state index contributed by atoms with van der Waals surface area (Å²) in [5, 5.41) is 1.23. The topological polar surface area (TPSA) is 30.7 Å². The number of hydrogen-bond acceptors (Lipinski definition) is 2. The second-order valence-electron chi connectivity index (χ2n) is 5.02. The van der Waals surface area contributed by atoms with E-state index in [9.17, 15) is 0 Å². The monoisotopic (exact) mass is 305 g/mol. The first kappa shape index (κ1) is 13.0. The van der Waals surface area contributed by atoms with Gasteiger partial charge in [0.25, 0.3) is 0 Å². The molecule has 0 amide bonds. The minimum Gasteiger partial charge on any atom is -0.301 e. The van der Waals surface area contributed by atoms with Crippen LogP contribution < -0.4 is 0 Å². The lowest BCUT2D eigenvalue weighted by atomic mass is 10.1. The molecule has 0 atom stereocenters. The molecule has 0 N–H and O–H groups in total. The summed E-state index contributed by atoms with van der Waals surface area (Å²) in [4.78, 5) is 8.32. The number of halogens is 1. The van der Waals surface area contributed by atoms with Gasteiger partial charge in [-0.25, -0.2) is 4.98 Å². The predicted octanol–water partition coefficient (Wildman–Crippen LogP) is 4.74. The van der Waals surface area contributed by atoms with E-state index >= 15 is 0 Å². The second-order valence-corrected chi connectivity index (χ2v) is 5.35. The van der Waals surface area contributed by atoms with Crippen molar-refractivity contribution in [1.82, 2.24) is 14.5 Å². The van der Waals surface area contributed by atoms with Crippen molar-refractivity contribution >= 4 is 22.6 Å². The molecular weight excluding hydrogens is 294 g/mol. The minimum absolute atomic E-state index is 0.258. The average molecular weight is 306 g/mol. The summed E-state index contributed by atoms with van der Waals surface area (Å²) in [6.45, 7) is 0. The van der Waals surface area contributed by atoms with Gasteiger partial charge >= 0.3 is 0 Å². The molecule has 22 heavy (non-hydrogen) atoms. The molecule has 4 rings (SSSR count). The minimum atomic E-state index is 0.258. The van der Waals surface area contributed by atoms with E-state index in [1.165, 1.54) is 11.1 Å². The fourth-order valence-electron chi connectivity index (χ4n) is 2.55. The number of nitrogens with zero attached hydrogens (tertiary/aromatic N) is 3. The summed E-state index contributed by atoms with van der Waals surface area (Å²) in [5.41, 5.74) is 4.25. The molecule has 2 aromatic heterocycles. The van der Waals surface area contributed by atoms with Crippen LogP contribution in [0, 0.1) is 0 Å². The number of aromatic nitrogens is 3. The summed E-state index contributed by atoms with van der Waals surface area (Å²) >= 11 is 5.90. The Labute approximate surface area is 132 Å². The number of benzene rings is 2. The van der Waals surface area contributed by atoms with Crippen LogP contribution in [0.5, 0.6) is 0 Å². The molecule has 0 spiro atoms. The van der Waals surface area contributed by atoms with Crippen molar-refractivity contribution in [2.75, 3.05) is 0 Å². The normalized spacial score (nSPS) is 11.0. The SMILES string of the molecule is Clc1ncc2ccn(-c3ccc(-c4ccccc4)cc3)c2n1. The van der Waals surface area contributed by atoms with E-state index in [-0.39, 0.29) is 5.28 Å². The number of fused-ring (bicyclic) bond motifs is 1. The van der Waals surface area contributed by atoms with Crippen LogP contribution in [-0.4, -0.2) is 14.5 Å². The van der Waals surface area contributed by atoms with Gasteiger partial charge in [0.1, 0.15) is 5.65 Å². The van der Waals surface area contributed by atoms with E-state index in [2.05, 4.69) is 46.4 Å². The molecule has 0 fully saturated rings. The van der Waals surface area contributed by atoms with Crippen molar-refractivity contribution in [1.29, 1.82) is 0 Å². The zero-order valence-corrected chi connectivity index (χ0v) is 12.4. The van der Waals surface area contributed by atoms with Gasteiger partial charge in [0.15, 0.2) is 0 Å². The van der Waals surface area contributed by atoms with Crippen LogP contribution in [-0.2, 0) is 0 Å². The van der Waals surface area contributed by atoms with E-state index in [4.69, 9.17) is 11.6 Å². The lowest BCUT2D eigenvalue weighted by Gasteiger charge is -2.07. The summed E-state index contributed by atoms with van der Waals surface area (Å²) in [7, 11) is 0. The van der Waals surface area contributed by atoms with Crippen LogP contribution in [0.15, 0.2) is 73.1 Å². The Morgan fingerprint density at radius 1 is 0.818 bits per heavy atom. The highest BCUT2D eigenvalue weighted by Crippen LogP contribution is 2.23. The van der Waals surface area contributed by atoms with Gasteiger partial charge < -0.3 is 4.57 Å². The van der Waals surface area contributed by atoms with Crippen LogP contribution >= 0.6 is 11.6 Å². The van der Waals surface area contributed by atoms with Crippen molar-refractivity contribution in [2.45, 2.75) is 0 Å². The molecule has 2 aromatic carbocycles. The van der Waals surface area contributed by atoms with Gasteiger partial charge in [-0.2, -0.15) is 4.98 Å². The molecule has 0 aliphatic rings.